The monoisotopic (exact) mass is 273 g/mol. The third kappa shape index (κ3) is 3.85. The molecule has 0 bridgehead atoms. The highest BCUT2D eigenvalue weighted by atomic mass is 35.5. The zero-order valence-corrected chi connectivity index (χ0v) is 10.8. The lowest BCUT2D eigenvalue weighted by Gasteiger charge is -2.23. The van der Waals surface area contributed by atoms with Gasteiger partial charge in [0.15, 0.2) is 11.0 Å². The number of amides is 2. The summed E-state index contributed by atoms with van der Waals surface area (Å²) in [5, 5.41) is 16.1. The molecule has 0 saturated heterocycles. The number of hydrogen-bond acceptors (Lipinski definition) is 5. The van der Waals surface area contributed by atoms with Gasteiger partial charge in [-0.05, 0) is 32.9 Å². The Morgan fingerprint density at radius 3 is 2.33 bits per heavy atom. The van der Waals surface area contributed by atoms with E-state index in [2.05, 4.69) is 10.2 Å². The molecule has 1 aromatic rings. The molecule has 0 aromatic carbocycles. The first-order valence-corrected chi connectivity index (χ1v) is 5.34. The second-order valence-corrected chi connectivity index (χ2v) is 4.70. The molecule has 8 heteroatoms. The Bertz CT molecular complexity index is 455. The van der Waals surface area contributed by atoms with Gasteiger partial charge in [0.2, 0.25) is 0 Å². The van der Waals surface area contributed by atoms with Crippen molar-refractivity contribution in [2.24, 2.45) is 0 Å². The lowest BCUT2D eigenvalue weighted by molar-refractivity contribution is 0.0580. The smallest absolute Gasteiger partial charge is 0.425 e. The van der Waals surface area contributed by atoms with Gasteiger partial charge in [-0.25, -0.2) is 9.59 Å². The van der Waals surface area contributed by atoms with Crippen LogP contribution in [0.5, 0.6) is 0 Å². The molecular formula is C10H12ClN3O4. The van der Waals surface area contributed by atoms with Crippen molar-refractivity contribution in [3.63, 3.8) is 0 Å². The quantitative estimate of drug-likeness (QED) is 0.845. The number of nitrogens with zero attached hydrogens (tertiary/aromatic N) is 3. The molecule has 7 nitrogen and oxygen atoms in total. The molecule has 0 fully saturated rings. The normalized spacial score (nSPS) is 10.9. The van der Waals surface area contributed by atoms with Gasteiger partial charge < -0.3 is 9.84 Å². The molecule has 0 radical (unpaired) electrons. The van der Waals surface area contributed by atoms with E-state index in [9.17, 15) is 9.59 Å². The van der Waals surface area contributed by atoms with Crippen LogP contribution in [0.15, 0.2) is 12.1 Å². The van der Waals surface area contributed by atoms with Crippen LogP contribution in [0.4, 0.5) is 15.4 Å². The highest BCUT2D eigenvalue weighted by Gasteiger charge is 2.29. The number of imide groups is 1. The van der Waals surface area contributed by atoms with Crippen LogP contribution in [-0.2, 0) is 4.74 Å². The summed E-state index contributed by atoms with van der Waals surface area (Å²) >= 11 is 5.53. The Morgan fingerprint density at radius 2 is 1.94 bits per heavy atom. The van der Waals surface area contributed by atoms with Crippen LogP contribution in [0.2, 0.25) is 5.15 Å². The van der Waals surface area contributed by atoms with Crippen molar-refractivity contribution >= 4 is 29.6 Å². The van der Waals surface area contributed by atoms with E-state index in [4.69, 9.17) is 21.4 Å². The number of carbonyl (C=O) groups is 2. The SMILES string of the molecule is CC(C)(C)OC(=O)N(C(=O)O)c1ccc(Cl)nn1. The summed E-state index contributed by atoms with van der Waals surface area (Å²) in [6.07, 6.45) is -2.56. The lowest BCUT2D eigenvalue weighted by Crippen LogP contribution is -2.40. The maximum absolute atomic E-state index is 11.7. The zero-order chi connectivity index (χ0) is 13.9. The minimum Gasteiger partial charge on any atom is -0.464 e. The molecule has 0 aliphatic rings. The van der Waals surface area contributed by atoms with Crippen LogP contribution >= 0.6 is 11.6 Å². The summed E-state index contributed by atoms with van der Waals surface area (Å²) in [6.45, 7) is 4.87. The largest absolute Gasteiger partial charge is 0.464 e. The Balaban J connectivity index is 3.00. The van der Waals surface area contributed by atoms with Gasteiger partial charge in [0.1, 0.15) is 5.60 Å². The number of carboxylic acid groups (broad SMARTS) is 1. The van der Waals surface area contributed by atoms with E-state index >= 15 is 0 Å². The van der Waals surface area contributed by atoms with Gasteiger partial charge in [0.25, 0.3) is 0 Å². The van der Waals surface area contributed by atoms with E-state index in [-0.39, 0.29) is 11.0 Å². The number of ether oxygens (including phenoxy) is 1. The molecule has 18 heavy (non-hydrogen) atoms. The summed E-state index contributed by atoms with van der Waals surface area (Å²) < 4.78 is 4.95. The highest BCUT2D eigenvalue weighted by molar-refractivity contribution is 6.29. The number of halogens is 1. The zero-order valence-electron chi connectivity index (χ0n) is 10.0. The van der Waals surface area contributed by atoms with Gasteiger partial charge in [-0.1, -0.05) is 11.6 Å². The van der Waals surface area contributed by atoms with Crippen molar-refractivity contribution in [3.05, 3.63) is 17.3 Å². The summed E-state index contributed by atoms with van der Waals surface area (Å²) in [5.41, 5.74) is -0.815. The summed E-state index contributed by atoms with van der Waals surface area (Å²) in [5.74, 6) is -0.179. The third-order valence-corrected chi connectivity index (χ3v) is 1.82. The maximum Gasteiger partial charge on any atom is 0.425 e. The second-order valence-electron chi connectivity index (χ2n) is 4.31. The van der Waals surface area contributed by atoms with E-state index in [1.807, 2.05) is 0 Å². The molecular weight excluding hydrogens is 262 g/mol. The summed E-state index contributed by atoms with van der Waals surface area (Å²) in [6, 6.07) is 2.58. The van der Waals surface area contributed by atoms with E-state index < -0.39 is 17.8 Å². The van der Waals surface area contributed by atoms with Gasteiger partial charge >= 0.3 is 12.2 Å². The first kappa shape index (κ1) is 14.2. The van der Waals surface area contributed by atoms with Crippen LogP contribution < -0.4 is 4.90 Å². The molecule has 1 heterocycles. The standard InChI is InChI=1S/C10H12ClN3O4/c1-10(2,3)18-9(17)14(8(15)16)7-5-4-6(11)12-13-7/h4-5H,1-3H3,(H,15,16). The second kappa shape index (κ2) is 5.18. The van der Waals surface area contributed by atoms with E-state index in [0.717, 1.165) is 0 Å². The van der Waals surface area contributed by atoms with Crippen LogP contribution in [0, 0.1) is 0 Å². The highest BCUT2D eigenvalue weighted by Crippen LogP contribution is 2.16. The lowest BCUT2D eigenvalue weighted by atomic mass is 10.2. The van der Waals surface area contributed by atoms with Crippen molar-refractivity contribution in [1.29, 1.82) is 0 Å². The van der Waals surface area contributed by atoms with E-state index in [0.29, 0.717) is 4.90 Å². The average molecular weight is 274 g/mol. The molecule has 98 valence electrons. The van der Waals surface area contributed by atoms with Crippen molar-refractivity contribution in [3.8, 4) is 0 Å². The molecule has 0 saturated carbocycles. The summed E-state index contributed by atoms with van der Waals surface area (Å²) in [7, 11) is 0. The van der Waals surface area contributed by atoms with Crippen LogP contribution in [0.3, 0.4) is 0 Å². The van der Waals surface area contributed by atoms with Crippen molar-refractivity contribution in [2.45, 2.75) is 26.4 Å². The first-order chi connectivity index (χ1) is 8.20. The van der Waals surface area contributed by atoms with Crippen molar-refractivity contribution in [1.82, 2.24) is 10.2 Å². The minimum absolute atomic E-state index is 0.0910. The van der Waals surface area contributed by atoms with Crippen LogP contribution in [-0.4, -0.2) is 33.1 Å². The van der Waals surface area contributed by atoms with Crippen molar-refractivity contribution < 1.29 is 19.4 Å². The fourth-order valence-electron chi connectivity index (χ4n) is 1.01. The molecule has 0 atom stereocenters. The fraction of sp³-hybridized carbons (Fsp3) is 0.400. The maximum atomic E-state index is 11.7. The van der Waals surface area contributed by atoms with Crippen molar-refractivity contribution in [2.75, 3.05) is 4.90 Å². The van der Waals surface area contributed by atoms with Gasteiger partial charge in [-0.3, -0.25) is 0 Å². The molecule has 0 spiro atoms. The van der Waals surface area contributed by atoms with E-state index in [1.54, 1.807) is 20.8 Å². The predicted octanol–water partition coefficient (Wildman–Crippen LogP) is 2.55. The molecule has 0 unspecified atom stereocenters. The predicted molar refractivity (Wildman–Crippen MR) is 63.8 cm³/mol. The van der Waals surface area contributed by atoms with Gasteiger partial charge in [-0.15, -0.1) is 10.2 Å². The fourth-order valence-corrected chi connectivity index (χ4v) is 1.11. The number of anilines is 1. The Labute approximate surface area is 108 Å². The van der Waals surface area contributed by atoms with Crippen LogP contribution in [0.1, 0.15) is 20.8 Å². The third-order valence-electron chi connectivity index (χ3n) is 1.61. The van der Waals surface area contributed by atoms with Gasteiger partial charge in [0, 0.05) is 0 Å². The number of carbonyl (C=O) groups excluding carboxylic acids is 1. The summed E-state index contributed by atoms with van der Waals surface area (Å²) in [4.78, 5) is 23.1. The first-order valence-electron chi connectivity index (χ1n) is 4.96. The van der Waals surface area contributed by atoms with E-state index in [1.165, 1.54) is 12.1 Å². The molecule has 1 aromatic heterocycles. The number of aromatic nitrogens is 2. The Hall–Kier alpha value is -1.89. The molecule has 1 N–H and O–H groups in total. The average Bonchev–Trinajstić information content (AvgIpc) is 2.18. The molecule has 1 rings (SSSR count). The topological polar surface area (TPSA) is 92.6 Å². The Morgan fingerprint density at radius 1 is 1.33 bits per heavy atom. The van der Waals surface area contributed by atoms with Crippen LogP contribution in [0.25, 0.3) is 0 Å². The molecule has 2 amide bonds. The van der Waals surface area contributed by atoms with Gasteiger partial charge in [-0.2, -0.15) is 4.90 Å². The molecule has 0 aliphatic heterocycles. The number of hydrogen-bond donors (Lipinski definition) is 1. The Kier molecular flexibility index (Phi) is 4.07. The molecule has 0 aliphatic carbocycles. The number of rotatable bonds is 1. The minimum atomic E-state index is -1.51. The van der Waals surface area contributed by atoms with Gasteiger partial charge in [0.05, 0.1) is 0 Å².